The number of hydrogen-bond acceptors (Lipinski definition) is 5. The van der Waals surface area contributed by atoms with E-state index in [-0.39, 0.29) is 29.0 Å². The Balaban J connectivity index is 1.84. The first-order valence-corrected chi connectivity index (χ1v) is 7.38. The molecule has 0 radical (unpaired) electrons. The van der Waals surface area contributed by atoms with Crippen LogP contribution in [0, 0.1) is 11.3 Å². The molecular weight excluding hydrogens is 320 g/mol. The highest BCUT2D eigenvalue weighted by molar-refractivity contribution is 6.22. The molecule has 0 atom stereocenters. The van der Waals surface area contributed by atoms with Crippen LogP contribution in [0.5, 0.6) is 5.75 Å². The molecule has 0 bridgehead atoms. The van der Waals surface area contributed by atoms with Gasteiger partial charge in [-0.3, -0.25) is 14.5 Å². The van der Waals surface area contributed by atoms with Crippen LogP contribution in [0.25, 0.3) is 0 Å². The molecule has 0 saturated heterocycles. The van der Waals surface area contributed by atoms with Gasteiger partial charge in [-0.05, 0) is 42.5 Å². The maximum absolute atomic E-state index is 12.3. The van der Waals surface area contributed by atoms with Gasteiger partial charge >= 0.3 is 5.97 Å². The zero-order valence-corrected chi connectivity index (χ0v) is 13.1. The van der Waals surface area contributed by atoms with Crippen molar-refractivity contribution in [3.63, 3.8) is 0 Å². The van der Waals surface area contributed by atoms with Crippen LogP contribution in [0.4, 0.5) is 0 Å². The number of carbonyl (C=O) groups is 3. The number of amides is 2. The minimum atomic E-state index is -0.657. The Morgan fingerprint density at radius 3 is 2.44 bits per heavy atom. The van der Waals surface area contributed by atoms with Gasteiger partial charge in [0.2, 0.25) is 0 Å². The van der Waals surface area contributed by atoms with E-state index in [2.05, 4.69) is 6.58 Å². The van der Waals surface area contributed by atoms with Crippen molar-refractivity contribution in [2.24, 2.45) is 0 Å². The molecule has 1 heterocycles. The van der Waals surface area contributed by atoms with Gasteiger partial charge < -0.3 is 4.74 Å². The van der Waals surface area contributed by atoms with Gasteiger partial charge in [-0.2, -0.15) is 5.26 Å². The number of esters is 1. The summed E-state index contributed by atoms with van der Waals surface area (Å²) in [6.45, 7) is 3.63. The van der Waals surface area contributed by atoms with Crippen molar-refractivity contribution in [1.82, 2.24) is 4.90 Å². The lowest BCUT2D eigenvalue weighted by atomic mass is 10.1. The first kappa shape index (κ1) is 16.1. The van der Waals surface area contributed by atoms with Crippen LogP contribution in [-0.4, -0.2) is 29.2 Å². The van der Waals surface area contributed by atoms with E-state index in [0.29, 0.717) is 5.56 Å². The monoisotopic (exact) mass is 332 g/mol. The Morgan fingerprint density at radius 2 is 1.80 bits per heavy atom. The molecule has 2 amide bonds. The van der Waals surface area contributed by atoms with Crippen LogP contribution in [0.2, 0.25) is 0 Å². The summed E-state index contributed by atoms with van der Waals surface area (Å²) in [4.78, 5) is 37.7. The van der Waals surface area contributed by atoms with Crippen molar-refractivity contribution >= 4 is 17.8 Å². The predicted molar refractivity (Wildman–Crippen MR) is 88.1 cm³/mol. The van der Waals surface area contributed by atoms with Gasteiger partial charge in [0, 0.05) is 6.54 Å². The second-order valence-corrected chi connectivity index (χ2v) is 5.30. The number of ether oxygens (including phenoxy) is 1. The third-order valence-electron chi connectivity index (χ3n) is 3.71. The number of carbonyl (C=O) groups excluding carboxylic acids is 3. The standard InChI is InChI=1S/C19H12N2O4/c1-2-9-21-17(22)15-8-5-13(10-16(15)18(21)23)19(24)25-14-6-3-12(11-20)4-7-14/h2-8,10H,1,9H2. The number of benzene rings is 2. The highest BCUT2D eigenvalue weighted by Gasteiger charge is 2.35. The van der Waals surface area contributed by atoms with Gasteiger partial charge in [-0.15, -0.1) is 6.58 Å². The molecule has 0 saturated carbocycles. The zero-order chi connectivity index (χ0) is 18.0. The average molecular weight is 332 g/mol. The third-order valence-corrected chi connectivity index (χ3v) is 3.71. The lowest BCUT2D eigenvalue weighted by Gasteiger charge is -2.09. The Bertz CT molecular complexity index is 939. The fourth-order valence-electron chi connectivity index (χ4n) is 2.48. The summed E-state index contributed by atoms with van der Waals surface area (Å²) in [5.41, 5.74) is 1.02. The summed E-state index contributed by atoms with van der Waals surface area (Å²) in [5, 5.41) is 8.76. The second kappa shape index (κ2) is 6.42. The number of nitrogens with zero attached hydrogens (tertiary/aromatic N) is 2. The normalized spacial score (nSPS) is 12.5. The van der Waals surface area contributed by atoms with Crippen molar-refractivity contribution in [2.75, 3.05) is 6.54 Å². The molecule has 25 heavy (non-hydrogen) atoms. The van der Waals surface area contributed by atoms with Crippen molar-refractivity contribution in [1.29, 1.82) is 5.26 Å². The number of rotatable bonds is 4. The van der Waals surface area contributed by atoms with Gasteiger partial charge in [0.1, 0.15) is 5.75 Å². The SMILES string of the molecule is C=CCN1C(=O)c2ccc(C(=O)Oc3ccc(C#N)cc3)cc2C1=O. The van der Waals surface area contributed by atoms with Crippen molar-refractivity contribution < 1.29 is 19.1 Å². The molecule has 122 valence electrons. The fourth-order valence-corrected chi connectivity index (χ4v) is 2.48. The smallest absolute Gasteiger partial charge is 0.343 e. The van der Waals surface area contributed by atoms with Crippen molar-refractivity contribution in [3.8, 4) is 11.8 Å². The lowest BCUT2D eigenvalue weighted by molar-refractivity contribution is 0.0671. The summed E-state index contributed by atoms with van der Waals surface area (Å²) in [7, 11) is 0. The van der Waals surface area contributed by atoms with E-state index in [1.54, 1.807) is 0 Å². The van der Waals surface area contributed by atoms with E-state index in [9.17, 15) is 14.4 Å². The maximum Gasteiger partial charge on any atom is 0.343 e. The minimum Gasteiger partial charge on any atom is -0.423 e. The van der Waals surface area contributed by atoms with Gasteiger partial charge in [0.25, 0.3) is 11.8 Å². The first-order chi connectivity index (χ1) is 12.0. The summed E-state index contributed by atoms with van der Waals surface area (Å²) >= 11 is 0. The van der Waals surface area contributed by atoms with Gasteiger partial charge in [-0.1, -0.05) is 6.08 Å². The number of fused-ring (bicyclic) bond motifs is 1. The summed E-state index contributed by atoms with van der Waals surface area (Å²) in [6.07, 6.45) is 1.46. The predicted octanol–water partition coefficient (Wildman–Crippen LogP) is 2.56. The topological polar surface area (TPSA) is 87.5 Å². The van der Waals surface area contributed by atoms with Crippen LogP contribution >= 0.6 is 0 Å². The van der Waals surface area contributed by atoms with E-state index >= 15 is 0 Å². The van der Waals surface area contributed by atoms with Crippen LogP contribution in [-0.2, 0) is 0 Å². The third kappa shape index (κ3) is 2.91. The molecule has 0 unspecified atom stereocenters. The summed E-state index contributed by atoms with van der Waals surface area (Å²) in [6, 6.07) is 12.3. The molecule has 0 spiro atoms. The molecular formula is C19H12N2O4. The molecule has 0 fully saturated rings. The fraction of sp³-hybridized carbons (Fsp3) is 0.0526. The molecule has 2 aromatic rings. The molecule has 6 heteroatoms. The number of imide groups is 1. The zero-order valence-electron chi connectivity index (χ0n) is 13.1. The van der Waals surface area contributed by atoms with Crippen LogP contribution in [0.1, 0.15) is 36.6 Å². The Labute approximate surface area is 143 Å². The Kier molecular flexibility index (Phi) is 4.14. The molecule has 0 N–H and O–H groups in total. The molecule has 1 aliphatic rings. The van der Waals surface area contributed by atoms with Gasteiger partial charge in [0.15, 0.2) is 0 Å². The lowest BCUT2D eigenvalue weighted by Crippen LogP contribution is -2.29. The number of hydrogen-bond donors (Lipinski definition) is 0. The van der Waals surface area contributed by atoms with Crippen molar-refractivity contribution in [2.45, 2.75) is 0 Å². The van der Waals surface area contributed by atoms with E-state index in [0.717, 1.165) is 4.90 Å². The quantitative estimate of drug-likeness (QED) is 0.372. The molecule has 3 rings (SSSR count). The summed E-state index contributed by atoms with van der Waals surface area (Å²) < 4.78 is 5.22. The molecule has 2 aromatic carbocycles. The van der Waals surface area contributed by atoms with Crippen LogP contribution < -0.4 is 4.74 Å². The van der Waals surface area contributed by atoms with E-state index < -0.39 is 17.8 Å². The molecule has 0 aromatic heterocycles. The van der Waals surface area contributed by atoms with Crippen molar-refractivity contribution in [3.05, 3.63) is 77.4 Å². The van der Waals surface area contributed by atoms with Gasteiger partial charge in [0.05, 0.1) is 28.3 Å². The van der Waals surface area contributed by atoms with Crippen LogP contribution in [0.15, 0.2) is 55.1 Å². The highest BCUT2D eigenvalue weighted by atomic mass is 16.5. The largest absolute Gasteiger partial charge is 0.423 e. The van der Waals surface area contributed by atoms with Gasteiger partial charge in [-0.25, -0.2) is 4.79 Å². The molecule has 6 nitrogen and oxygen atoms in total. The van der Waals surface area contributed by atoms with Crippen LogP contribution in [0.3, 0.4) is 0 Å². The second-order valence-electron chi connectivity index (χ2n) is 5.30. The molecule has 0 aliphatic carbocycles. The summed E-state index contributed by atoms with van der Waals surface area (Å²) in [5.74, 6) is -1.25. The minimum absolute atomic E-state index is 0.108. The first-order valence-electron chi connectivity index (χ1n) is 7.38. The average Bonchev–Trinajstić information content (AvgIpc) is 2.87. The number of nitriles is 1. The Hall–Kier alpha value is -3.72. The van der Waals surface area contributed by atoms with E-state index in [1.807, 2.05) is 6.07 Å². The van der Waals surface area contributed by atoms with E-state index in [1.165, 1.54) is 48.5 Å². The Morgan fingerprint density at radius 1 is 1.12 bits per heavy atom. The highest BCUT2D eigenvalue weighted by Crippen LogP contribution is 2.24. The maximum atomic E-state index is 12.3. The van der Waals surface area contributed by atoms with E-state index in [4.69, 9.17) is 10.00 Å². The molecule has 1 aliphatic heterocycles.